The van der Waals surface area contributed by atoms with E-state index in [9.17, 15) is 4.39 Å². The summed E-state index contributed by atoms with van der Waals surface area (Å²) in [5.41, 5.74) is 1.02. The summed E-state index contributed by atoms with van der Waals surface area (Å²) in [6, 6.07) is 5.11. The van der Waals surface area contributed by atoms with Gasteiger partial charge in [0, 0.05) is 17.2 Å². The summed E-state index contributed by atoms with van der Waals surface area (Å²) >= 11 is 8.93. The maximum Gasteiger partial charge on any atom is 0.166 e. The van der Waals surface area contributed by atoms with Crippen LogP contribution in [0, 0.1) is 5.82 Å². The first kappa shape index (κ1) is 15.9. The van der Waals surface area contributed by atoms with Crippen LogP contribution in [0.1, 0.15) is 24.4 Å². The van der Waals surface area contributed by atoms with Crippen LogP contribution in [0.25, 0.3) is 0 Å². The van der Waals surface area contributed by atoms with Gasteiger partial charge in [0.25, 0.3) is 0 Å². The number of hydrogen-bond donors (Lipinski definition) is 2. The number of hydrogen-bond acceptors (Lipinski definition) is 3. The molecule has 0 bridgehead atoms. The normalized spacial score (nSPS) is 17.4. The van der Waals surface area contributed by atoms with Crippen LogP contribution in [0.15, 0.2) is 23.1 Å². The molecular weight excluding hydrogens is 311 g/mol. The van der Waals surface area contributed by atoms with Gasteiger partial charge in [-0.25, -0.2) is 4.39 Å². The summed E-state index contributed by atoms with van der Waals surface area (Å²) in [4.78, 5) is 1.15. The molecule has 2 N–H and O–H groups in total. The van der Waals surface area contributed by atoms with E-state index in [-0.39, 0.29) is 11.9 Å². The van der Waals surface area contributed by atoms with Crippen molar-refractivity contribution >= 4 is 40.9 Å². The summed E-state index contributed by atoms with van der Waals surface area (Å²) in [5, 5.41) is 7.19. The molecule has 2 rings (SSSR count). The van der Waals surface area contributed by atoms with Gasteiger partial charge in [-0.15, -0.1) is 11.8 Å². The molecule has 0 radical (unpaired) electrons. The fourth-order valence-electron chi connectivity index (χ4n) is 2.14. The molecule has 20 heavy (non-hydrogen) atoms. The van der Waals surface area contributed by atoms with Crippen LogP contribution >= 0.6 is 35.7 Å². The summed E-state index contributed by atoms with van der Waals surface area (Å²) < 4.78 is 13.4. The second-order valence-electron chi connectivity index (χ2n) is 4.62. The maximum absolute atomic E-state index is 13.4. The van der Waals surface area contributed by atoms with Crippen LogP contribution in [0.5, 0.6) is 0 Å². The Labute approximate surface area is 133 Å². The minimum atomic E-state index is -0.183. The number of halogens is 1. The van der Waals surface area contributed by atoms with Gasteiger partial charge < -0.3 is 10.6 Å². The molecule has 0 amide bonds. The molecule has 0 fully saturated rings. The molecule has 0 aromatic heterocycles. The van der Waals surface area contributed by atoms with Crippen molar-refractivity contribution in [2.45, 2.75) is 23.8 Å². The van der Waals surface area contributed by atoms with Crippen LogP contribution in [0.3, 0.4) is 0 Å². The van der Waals surface area contributed by atoms with Crippen LogP contribution in [-0.2, 0) is 0 Å². The zero-order chi connectivity index (χ0) is 14.4. The number of fused-ring (bicyclic) bond motifs is 1. The first-order valence-corrected chi connectivity index (χ1v) is 9.45. The van der Waals surface area contributed by atoms with Gasteiger partial charge in [0.05, 0.1) is 6.04 Å². The van der Waals surface area contributed by atoms with Crippen molar-refractivity contribution in [2.75, 3.05) is 24.3 Å². The molecule has 0 aliphatic carbocycles. The molecule has 1 aromatic rings. The Morgan fingerprint density at radius 2 is 2.40 bits per heavy atom. The highest BCUT2D eigenvalue weighted by Gasteiger charge is 2.21. The molecule has 0 unspecified atom stereocenters. The van der Waals surface area contributed by atoms with Crippen LogP contribution < -0.4 is 10.6 Å². The number of thiocarbonyl (C=S) groups is 1. The third kappa shape index (κ3) is 4.53. The number of rotatable bonds is 5. The van der Waals surface area contributed by atoms with Crippen molar-refractivity contribution in [3.05, 3.63) is 29.6 Å². The molecule has 1 atom stereocenters. The second-order valence-corrected chi connectivity index (χ2v) is 7.15. The Hall–Kier alpha value is -0.460. The highest BCUT2D eigenvalue weighted by molar-refractivity contribution is 7.99. The Morgan fingerprint density at radius 3 is 3.20 bits per heavy atom. The quantitative estimate of drug-likeness (QED) is 0.635. The van der Waals surface area contributed by atoms with Gasteiger partial charge >= 0.3 is 0 Å². The molecule has 0 saturated carbocycles. The highest BCUT2D eigenvalue weighted by atomic mass is 32.2. The zero-order valence-corrected chi connectivity index (χ0v) is 13.9. The average molecular weight is 331 g/mol. The van der Waals surface area contributed by atoms with Crippen LogP contribution in [-0.4, -0.2) is 29.4 Å². The third-order valence-corrected chi connectivity index (χ3v) is 5.21. The van der Waals surface area contributed by atoms with Crippen molar-refractivity contribution in [3.8, 4) is 0 Å². The summed E-state index contributed by atoms with van der Waals surface area (Å²) in [6.45, 7) is 0.879. The summed E-state index contributed by atoms with van der Waals surface area (Å²) in [7, 11) is 0. The molecule has 1 aliphatic heterocycles. The van der Waals surface area contributed by atoms with Crippen molar-refractivity contribution < 1.29 is 4.39 Å². The Balaban J connectivity index is 1.91. The predicted octanol–water partition coefficient (Wildman–Crippen LogP) is 3.58. The van der Waals surface area contributed by atoms with E-state index in [2.05, 4.69) is 16.9 Å². The third-order valence-electron chi connectivity index (χ3n) is 3.13. The monoisotopic (exact) mass is 330 g/mol. The largest absolute Gasteiger partial charge is 0.363 e. The SMILES string of the molecule is CSCCCNC(=S)N[C@@H]1CCSc2ccc(F)cc21. The number of thioether (sulfide) groups is 2. The van der Waals surface area contributed by atoms with Crippen LogP contribution in [0.4, 0.5) is 4.39 Å². The highest BCUT2D eigenvalue weighted by Crippen LogP contribution is 2.36. The average Bonchev–Trinajstić information content (AvgIpc) is 2.44. The number of nitrogens with one attached hydrogen (secondary N) is 2. The predicted molar refractivity (Wildman–Crippen MR) is 91.2 cm³/mol. The molecular formula is C14H19FN2S3. The van der Waals surface area contributed by atoms with E-state index in [0.29, 0.717) is 5.11 Å². The fraction of sp³-hybridized carbons (Fsp3) is 0.500. The van der Waals surface area contributed by atoms with E-state index in [1.807, 2.05) is 17.8 Å². The van der Waals surface area contributed by atoms with E-state index in [1.165, 1.54) is 6.07 Å². The minimum Gasteiger partial charge on any atom is -0.363 e. The molecule has 110 valence electrons. The molecule has 1 heterocycles. The molecule has 0 saturated heterocycles. The summed E-state index contributed by atoms with van der Waals surface area (Å²) in [6.07, 6.45) is 4.16. The molecule has 2 nitrogen and oxygen atoms in total. The van der Waals surface area contributed by atoms with Gasteiger partial charge in [0.15, 0.2) is 5.11 Å². The topological polar surface area (TPSA) is 24.1 Å². The van der Waals surface area contributed by atoms with E-state index >= 15 is 0 Å². The lowest BCUT2D eigenvalue weighted by Gasteiger charge is -2.27. The standard InChI is InChI=1S/C14H19FN2S3/c1-19-7-2-6-16-14(18)17-12-5-8-20-13-4-3-10(15)9-11(12)13/h3-4,9,12H,2,5-8H2,1H3,(H2,16,17,18)/t12-/m1/s1. The maximum atomic E-state index is 13.4. The molecule has 1 aliphatic rings. The van der Waals surface area contributed by atoms with Crippen molar-refractivity contribution in [1.82, 2.24) is 10.6 Å². The lowest BCUT2D eigenvalue weighted by Crippen LogP contribution is -2.39. The number of benzene rings is 1. The Bertz CT molecular complexity index is 468. The van der Waals surface area contributed by atoms with E-state index < -0.39 is 0 Å². The Morgan fingerprint density at radius 1 is 1.55 bits per heavy atom. The molecule has 1 aromatic carbocycles. The molecule has 0 spiro atoms. The summed E-state index contributed by atoms with van der Waals surface area (Å²) in [5.74, 6) is 1.98. The first-order valence-electron chi connectivity index (χ1n) is 6.66. The minimum absolute atomic E-state index is 0.113. The zero-order valence-electron chi connectivity index (χ0n) is 11.4. The van der Waals surface area contributed by atoms with Crippen molar-refractivity contribution in [3.63, 3.8) is 0 Å². The van der Waals surface area contributed by atoms with Gasteiger partial charge in [-0.3, -0.25) is 0 Å². The smallest absolute Gasteiger partial charge is 0.166 e. The van der Waals surface area contributed by atoms with Gasteiger partial charge in [0.1, 0.15) is 5.82 Å². The van der Waals surface area contributed by atoms with Crippen molar-refractivity contribution in [1.29, 1.82) is 0 Å². The Kier molecular flexibility index (Phi) is 6.45. The fourth-order valence-corrected chi connectivity index (χ4v) is 3.93. The van der Waals surface area contributed by atoms with Gasteiger partial charge in [-0.2, -0.15) is 11.8 Å². The first-order chi connectivity index (χ1) is 9.70. The van der Waals surface area contributed by atoms with Crippen molar-refractivity contribution in [2.24, 2.45) is 0 Å². The molecule has 6 heteroatoms. The van der Waals surface area contributed by atoms with Gasteiger partial charge in [-0.1, -0.05) is 0 Å². The van der Waals surface area contributed by atoms with E-state index in [0.717, 1.165) is 41.4 Å². The van der Waals surface area contributed by atoms with E-state index in [1.54, 1.807) is 17.8 Å². The van der Waals surface area contributed by atoms with Gasteiger partial charge in [0.2, 0.25) is 0 Å². The van der Waals surface area contributed by atoms with Crippen LogP contribution in [0.2, 0.25) is 0 Å². The lowest BCUT2D eigenvalue weighted by molar-refractivity contribution is 0.581. The van der Waals surface area contributed by atoms with E-state index in [4.69, 9.17) is 12.2 Å². The second kappa shape index (κ2) is 8.10. The lowest BCUT2D eigenvalue weighted by atomic mass is 10.0. The van der Waals surface area contributed by atoms with Gasteiger partial charge in [-0.05, 0) is 60.8 Å².